The molecule has 4 rings (SSSR count). The van der Waals surface area contributed by atoms with Crippen molar-refractivity contribution in [3.63, 3.8) is 0 Å². The maximum absolute atomic E-state index is 13.4. The second kappa shape index (κ2) is 9.60. The fourth-order valence-corrected chi connectivity index (χ4v) is 4.13. The van der Waals surface area contributed by atoms with Gasteiger partial charge in [0.25, 0.3) is 5.56 Å². The molecule has 3 aromatic carbocycles. The van der Waals surface area contributed by atoms with Crippen molar-refractivity contribution in [2.75, 3.05) is 25.6 Å². The molecule has 0 aliphatic carbocycles. The number of nitrogens with zero attached hydrogens (tertiary/aromatic N) is 3. The van der Waals surface area contributed by atoms with Crippen molar-refractivity contribution in [3.05, 3.63) is 81.9 Å². The van der Waals surface area contributed by atoms with Crippen LogP contribution in [-0.2, 0) is 11.8 Å². The van der Waals surface area contributed by atoms with Gasteiger partial charge < -0.3 is 15.0 Å². The maximum Gasteiger partial charge on any atom is 0.322 e. The summed E-state index contributed by atoms with van der Waals surface area (Å²) in [7, 11) is 3.23. The molecule has 0 bridgehead atoms. The summed E-state index contributed by atoms with van der Waals surface area (Å²) in [5.74, 6) is 0.471. The Bertz CT molecular complexity index is 1380. The molecule has 8 heteroatoms. The van der Waals surface area contributed by atoms with Crippen LogP contribution in [0.3, 0.4) is 0 Å². The molecular weight excluding hydrogens is 440 g/mol. The Morgan fingerprint density at radius 2 is 1.91 bits per heavy atom. The number of aromatic nitrogens is 2. The number of methoxy groups -OCH3 is 1. The predicted octanol–water partition coefficient (Wildman–Crippen LogP) is 4.98. The third-order valence-electron chi connectivity index (χ3n) is 5.74. The highest BCUT2D eigenvalue weighted by atomic mass is 35.5. The minimum absolute atomic E-state index is 0.217. The molecule has 0 saturated heterocycles. The van der Waals surface area contributed by atoms with E-state index < -0.39 is 6.04 Å². The van der Waals surface area contributed by atoms with Crippen LogP contribution in [0.1, 0.15) is 18.8 Å². The number of anilines is 1. The van der Waals surface area contributed by atoms with Crippen molar-refractivity contribution < 1.29 is 9.53 Å². The monoisotopic (exact) mass is 464 g/mol. The summed E-state index contributed by atoms with van der Waals surface area (Å²) in [6.45, 7) is 2.51. The summed E-state index contributed by atoms with van der Waals surface area (Å²) in [5.41, 5.74) is 1.03. The Kier molecular flexibility index (Phi) is 6.62. The van der Waals surface area contributed by atoms with Gasteiger partial charge in [0.2, 0.25) is 0 Å². The van der Waals surface area contributed by atoms with Crippen LogP contribution in [0.15, 0.2) is 65.5 Å². The lowest BCUT2D eigenvalue weighted by Gasteiger charge is -2.30. The van der Waals surface area contributed by atoms with E-state index in [-0.39, 0.29) is 11.6 Å². The number of carbonyl (C=O) groups excluding carboxylic acids is 1. The van der Waals surface area contributed by atoms with E-state index in [1.165, 1.54) is 4.57 Å². The number of urea groups is 1. The van der Waals surface area contributed by atoms with E-state index in [0.29, 0.717) is 40.6 Å². The molecule has 0 saturated carbocycles. The first-order valence-electron chi connectivity index (χ1n) is 10.6. The Hall–Kier alpha value is -3.42. The van der Waals surface area contributed by atoms with Gasteiger partial charge in [-0.2, -0.15) is 0 Å². The van der Waals surface area contributed by atoms with Crippen LogP contribution in [0.2, 0.25) is 5.02 Å². The molecule has 0 radical (unpaired) electrons. The Morgan fingerprint density at radius 1 is 1.15 bits per heavy atom. The van der Waals surface area contributed by atoms with Gasteiger partial charge in [-0.3, -0.25) is 9.36 Å². The first-order chi connectivity index (χ1) is 15.9. The quantitative estimate of drug-likeness (QED) is 0.436. The van der Waals surface area contributed by atoms with Crippen LogP contribution in [0.25, 0.3) is 21.7 Å². The lowest BCUT2D eigenvalue weighted by molar-refractivity contribution is 0.136. The van der Waals surface area contributed by atoms with E-state index in [1.54, 1.807) is 37.3 Å². The molecule has 33 heavy (non-hydrogen) atoms. The van der Waals surface area contributed by atoms with Crippen molar-refractivity contribution in [1.29, 1.82) is 0 Å². The third-order valence-corrected chi connectivity index (χ3v) is 5.98. The molecule has 1 aromatic heterocycles. The van der Waals surface area contributed by atoms with Crippen LogP contribution < -0.4 is 10.9 Å². The molecule has 170 valence electrons. The average Bonchev–Trinajstić information content (AvgIpc) is 2.82. The van der Waals surface area contributed by atoms with E-state index in [2.05, 4.69) is 10.3 Å². The highest BCUT2D eigenvalue weighted by Crippen LogP contribution is 2.26. The highest BCUT2D eigenvalue weighted by Gasteiger charge is 2.26. The molecule has 7 nitrogen and oxygen atoms in total. The van der Waals surface area contributed by atoms with E-state index >= 15 is 0 Å². The molecule has 1 atom stereocenters. The van der Waals surface area contributed by atoms with Gasteiger partial charge in [-0.15, -0.1) is 0 Å². The van der Waals surface area contributed by atoms with E-state index in [9.17, 15) is 9.59 Å². The summed E-state index contributed by atoms with van der Waals surface area (Å²) in [4.78, 5) is 32.7. The van der Waals surface area contributed by atoms with Gasteiger partial charge in [-0.05, 0) is 36.6 Å². The maximum atomic E-state index is 13.4. The van der Waals surface area contributed by atoms with Gasteiger partial charge in [-0.25, -0.2) is 9.78 Å². The zero-order valence-electron chi connectivity index (χ0n) is 18.7. The van der Waals surface area contributed by atoms with Gasteiger partial charge in [0.05, 0.1) is 29.2 Å². The molecule has 1 heterocycles. The standard InChI is InChI=1S/C25H25ClN4O3/c1-16(23-27-22-12-11-18(26)15-20(22)24(31)29(23)2)30(13-14-33-3)25(32)28-21-10-6-8-17-7-4-5-9-19(17)21/h4-12,15-16H,13-14H2,1-3H3,(H,28,32). The first kappa shape index (κ1) is 22.8. The van der Waals surface area contributed by atoms with Crippen molar-refractivity contribution in [2.24, 2.45) is 7.05 Å². The summed E-state index contributed by atoms with van der Waals surface area (Å²) >= 11 is 6.06. The predicted molar refractivity (Wildman–Crippen MR) is 132 cm³/mol. The summed E-state index contributed by atoms with van der Waals surface area (Å²) in [6, 6.07) is 17.8. The number of halogens is 1. The number of fused-ring (bicyclic) bond motifs is 2. The van der Waals surface area contributed by atoms with Gasteiger partial charge in [0.15, 0.2) is 0 Å². The number of hydrogen-bond acceptors (Lipinski definition) is 4. The fraction of sp³-hybridized carbons (Fsp3) is 0.240. The van der Waals surface area contributed by atoms with Gasteiger partial charge >= 0.3 is 6.03 Å². The third kappa shape index (κ3) is 4.55. The lowest BCUT2D eigenvalue weighted by Crippen LogP contribution is -2.41. The summed E-state index contributed by atoms with van der Waals surface area (Å²) < 4.78 is 6.71. The number of ether oxygens (including phenoxy) is 1. The zero-order valence-corrected chi connectivity index (χ0v) is 19.5. The van der Waals surface area contributed by atoms with Gasteiger partial charge in [-0.1, -0.05) is 48.0 Å². The van der Waals surface area contributed by atoms with Crippen molar-refractivity contribution in [2.45, 2.75) is 13.0 Å². The number of hydrogen-bond donors (Lipinski definition) is 1. The SMILES string of the molecule is COCCN(C(=O)Nc1cccc2ccccc12)C(C)c1nc2ccc(Cl)cc2c(=O)n1C. The molecular formula is C25H25ClN4O3. The molecule has 0 aliphatic heterocycles. The second-order valence-electron chi connectivity index (χ2n) is 7.81. The highest BCUT2D eigenvalue weighted by molar-refractivity contribution is 6.31. The number of amides is 2. The summed E-state index contributed by atoms with van der Waals surface area (Å²) in [5, 5.41) is 5.90. The smallest absolute Gasteiger partial charge is 0.322 e. The van der Waals surface area contributed by atoms with E-state index in [4.69, 9.17) is 16.3 Å². The van der Waals surface area contributed by atoms with Crippen molar-refractivity contribution >= 4 is 45.0 Å². The van der Waals surface area contributed by atoms with Crippen LogP contribution in [0.5, 0.6) is 0 Å². The molecule has 4 aromatic rings. The number of rotatable bonds is 6. The molecule has 1 unspecified atom stereocenters. The minimum atomic E-state index is -0.493. The topological polar surface area (TPSA) is 76.5 Å². The van der Waals surface area contributed by atoms with Crippen LogP contribution in [0, 0.1) is 0 Å². The van der Waals surface area contributed by atoms with Crippen LogP contribution in [0.4, 0.5) is 10.5 Å². The number of benzene rings is 3. The molecule has 0 aliphatic rings. The van der Waals surface area contributed by atoms with E-state index in [0.717, 1.165) is 10.8 Å². The molecule has 1 N–H and O–H groups in total. The lowest BCUT2D eigenvalue weighted by atomic mass is 10.1. The Morgan fingerprint density at radius 3 is 2.70 bits per heavy atom. The first-order valence-corrected chi connectivity index (χ1v) is 11.0. The van der Waals surface area contributed by atoms with E-state index in [1.807, 2.05) is 49.4 Å². The normalized spacial score (nSPS) is 12.1. The number of carbonyl (C=O) groups is 1. The molecule has 0 spiro atoms. The van der Waals surface area contributed by atoms with Gasteiger partial charge in [0, 0.05) is 31.1 Å². The van der Waals surface area contributed by atoms with Crippen LogP contribution >= 0.6 is 11.6 Å². The number of nitrogens with one attached hydrogen (secondary N) is 1. The van der Waals surface area contributed by atoms with Crippen molar-refractivity contribution in [3.8, 4) is 0 Å². The fourth-order valence-electron chi connectivity index (χ4n) is 3.96. The van der Waals surface area contributed by atoms with Gasteiger partial charge in [0.1, 0.15) is 5.82 Å². The van der Waals surface area contributed by atoms with Crippen molar-refractivity contribution in [1.82, 2.24) is 14.5 Å². The largest absolute Gasteiger partial charge is 0.383 e. The summed E-state index contributed by atoms with van der Waals surface area (Å²) in [6.07, 6.45) is 0. The Labute approximate surface area is 196 Å². The average molecular weight is 465 g/mol. The van der Waals surface area contributed by atoms with Crippen LogP contribution in [-0.4, -0.2) is 40.7 Å². The second-order valence-corrected chi connectivity index (χ2v) is 8.25. The minimum Gasteiger partial charge on any atom is -0.383 e. The zero-order chi connectivity index (χ0) is 23.5. The molecule has 0 fully saturated rings. The Balaban J connectivity index is 1.71. The molecule has 2 amide bonds.